The molecule has 0 radical (unpaired) electrons. The first-order valence-electron chi connectivity index (χ1n) is 4.19. The zero-order valence-electron chi connectivity index (χ0n) is 7.99. The average Bonchev–Trinajstić information content (AvgIpc) is 2.20. The van der Waals surface area contributed by atoms with Gasteiger partial charge in [0, 0.05) is 0 Å². The molecule has 14 heavy (non-hydrogen) atoms. The number of phenols is 1. The molecule has 0 aliphatic carbocycles. The lowest BCUT2D eigenvalue weighted by Gasteiger charge is -2.09. The molecule has 0 heterocycles. The fourth-order valence-corrected chi connectivity index (χ4v) is 1.31. The van der Waals surface area contributed by atoms with Crippen LogP contribution in [0, 0.1) is 0 Å². The third-order valence-corrected chi connectivity index (χ3v) is 1.95. The molecule has 1 N–H and O–H groups in total. The highest BCUT2D eigenvalue weighted by Gasteiger charge is 2.11. The number of allylic oxidation sites excluding steroid dienone is 1. The van der Waals surface area contributed by atoms with Crippen LogP contribution in [0.5, 0.6) is 11.5 Å². The Morgan fingerprint density at radius 2 is 2.29 bits per heavy atom. The van der Waals surface area contributed by atoms with Crippen molar-refractivity contribution in [3.63, 3.8) is 0 Å². The molecule has 0 aliphatic heterocycles. The standard InChI is InChI=1S/C11H12O3/c1-3-4-8-5-6-10(13)11(14-2)9(8)7-12/h3,5-7,13H,1,4H2,2H3. The molecule has 0 spiro atoms. The van der Waals surface area contributed by atoms with Gasteiger partial charge in [-0.15, -0.1) is 6.58 Å². The zero-order valence-corrected chi connectivity index (χ0v) is 7.99. The summed E-state index contributed by atoms with van der Waals surface area (Å²) in [6.07, 6.45) is 2.95. The molecule has 0 unspecified atom stereocenters. The van der Waals surface area contributed by atoms with Gasteiger partial charge in [0.1, 0.15) is 0 Å². The zero-order chi connectivity index (χ0) is 10.6. The van der Waals surface area contributed by atoms with Crippen molar-refractivity contribution >= 4 is 6.29 Å². The second kappa shape index (κ2) is 4.46. The highest BCUT2D eigenvalue weighted by molar-refractivity contribution is 5.83. The first-order valence-corrected chi connectivity index (χ1v) is 4.19. The Hall–Kier alpha value is -1.77. The van der Waals surface area contributed by atoms with Crippen molar-refractivity contribution in [1.29, 1.82) is 0 Å². The molecule has 0 aliphatic rings. The molecule has 1 rings (SSSR count). The number of benzene rings is 1. The van der Waals surface area contributed by atoms with Gasteiger partial charge in [-0.05, 0) is 18.1 Å². The summed E-state index contributed by atoms with van der Waals surface area (Å²) >= 11 is 0. The van der Waals surface area contributed by atoms with Crippen molar-refractivity contribution in [2.45, 2.75) is 6.42 Å². The van der Waals surface area contributed by atoms with Crippen molar-refractivity contribution in [3.05, 3.63) is 35.9 Å². The molecule has 0 saturated carbocycles. The van der Waals surface area contributed by atoms with E-state index in [0.29, 0.717) is 18.3 Å². The number of aldehydes is 1. The van der Waals surface area contributed by atoms with Crippen LogP contribution in [0.4, 0.5) is 0 Å². The van der Waals surface area contributed by atoms with E-state index >= 15 is 0 Å². The van der Waals surface area contributed by atoms with E-state index in [4.69, 9.17) is 4.74 Å². The Balaban J connectivity index is 3.31. The molecule has 0 atom stereocenters. The van der Waals surface area contributed by atoms with Gasteiger partial charge in [0.05, 0.1) is 12.7 Å². The Morgan fingerprint density at radius 1 is 1.57 bits per heavy atom. The normalized spacial score (nSPS) is 9.50. The van der Waals surface area contributed by atoms with Gasteiger partial charge in [0.25, 0.3) is 0 Å². The molecule has 3 nitrogen and oxygen atoms in total. The summed E-state index contributed by atoms with van der Waals surface area (Å²) < 4.78 is 4.94. The Morgan fingerprint density at radius 3 is 2.79 bits per heavy atom. The summed E-state index contributed by atoms with van der Waals surface area (Å²) in [5.41, 5.74) is 1.18. The van der Waals surface area contributed by atoms with Gasteiger partial charge in [-0.2, -0.15) is 0 Å². The summed E-state index contributed by atoms with van der Waals surface area (Å²) in [4.78, 5) is 10.8. The van der Waals surface area contributed by atoms with E-state index in [9.17, 15) is 9.90 Å². The molecule has 1 aromatic carbocycles. The quantitative estimate of drug-likeness (QED) is 0.585. The van der Waals surface area contributed by atoms with Gasteiger partial charge in [-0.1, -0.05) is 12.1 Å². The summed E-state index contributed by atoms with van der Waals surface area (Å²) in [7, 11) is 1.42. The van der Waals surface area contributed by atoms with Crippen molar-refractivity contribution in [2.75, 3.05) is 7.11 Å². The van der Waals surface area contributed by atoms with Gasteiger partial charge >= 0.3 is 0 Å². The van der Waals surface area contributed by atoms with Crippen molar-refractivity contribution in [1.82, 2.24) is 0 Å². The Labute approximate surface area is 82.6 Å². The highest BCUT2D eigenvalue weighted by atomic mass is 16.5. The summed E-state index contributed by atoms with van der Waals surface area (Å²) in [5.74, 6) is 0.196. The first kappa shape index (κ1) is 10.3. The minimum atomic E-state index is -0.0255. The van der Waals surface area contributed by atoms with Gasteiger partial charge < -0.3 is 9.84 Å². The average molecular weight is 192 g/mol. The number of hydrogen-bond donors (Lipinski definition) is 1. The fourth-order valence-electron chi connectivity index (χ4n) is 1.31. The molecular weight excluding hydrogens is 180 g/mol. The number of aromatic hydroxyl groups is 1. The molecule has 0 fully saturated rings. The Bertz CT molecular complexity index is 356. The third kappa shape index (κ3) is 1.76. The highest BCUT2D eigenvalue weighted by Crippen LogP contribution is 2.31. The second-order valence-electron chi connectivity index (χ2n) is 2.80. The molecule has 1 aromatic rings. The Kier molecular flexibility index (Phi) is 3.29. The lowest BCUT2D eigenvalue weighted by Crippen LogP contribution is -1.96. The van der Waals surface area contributed by atoms with Crippen LogP contribution in [0.15, 0.2) is 24.8 Å². The first-order chi connectivity index (χ1) is 6.74. The van der Waals surface area contributed by atoms with E-state index in [1.807, 2.05) is 0 Å². The van der Waals surface area contributed by atoms with Crippen molar-refractivity contribution < 1.29 is 14.6 Å². The summed E-state index contributed by atoms with van der Waals surface area (Å²) in [6, 6.07) is 3.19. The predicted molar refractivity (Wildman–Crippen MR) is 53.9 cm³/mol. The number of rotatable bonds is 4. The maximum atomic E-state index is 10.8. The maximum absolute atomic E-state index is 10.8. The lowest BCUT2D eigenvalue weighted by atomic mass is 10.0. The minimum Gasteiger partial charge on any atom is -0.504 e. The monoisotopic (exact) mass is 192 g/mol. The van der Waals surface area contributed by atoms with E-state index in [-0.39, 0.29) is 11.5 Å². The van der Waals surface area contributed by atoms with E-state index in [1.54, 1.807) is 12.1 Å². The van der Waals surface area contributed by atoms with Crippen LogP contribution in [0.3, 0.4) is 0 Å². The number of ether oxygens (including phenoxy) is 1. The van der Waals surface area contributed by atoms with Crippen molar-refractivity contribution in [3.8, 4) is 11.5 Å². The van der Waals surface area contributed by atoms with Gasteiger partial charge in [-0.3, -0.25) is 4.79 Å². The van der Waals surface area contributed by atoms with Crippen LogP contribution in [-0.4, -0.2) is 18.5 Å². The fraction of sp³-hybridized carbons (Fsp3) is 0.182. The van der Waals surface area contributed by atoms with Crippen LogP contribution in [0.2, 0.25) is 0 Å². The van der Waals surface area contributed by atoms with Crippen LogP contribution in [0.1, 0.15) is 15.9 Å². The summed E-state index contributed by atoms with van der Waals surface area (Å²) in [6.45, 7) is 3.59. The predicted octanol–water partition coefficient (Wildman–Crippen LogP) is 1.94. The number of carbonyl (C=O) groups excluding carboxylic acids is 1. The molecule has 74 valence electrons. The van der Waals surface area contributed by atoms with E-state index in [2.05, 4.69) is 6.58 Å². The largest absolute Gasteiger partial charge is 0.504 e. The van der Waals surface area contributed by atoms with Crippen LogP contribution >= 0.6 is 0 Å². The molecular formula is C11H12O3. The van der Waals surface area contributed by atoms with Crippen LogP contribution in [-0.2, 0) is 6.42 Å². The minimum absolute atomic E-state index is 0.0255. The number of carbonyl (C=O) groups is 1. The van der Waals surface area contributed by atoms with E-state index in [1.165, 1.54) is 13.2 Å². The van der Waals surface area contributed by atoms with Crippen molar-refractivity contribution in [2.24, 2.45) is 0 Å². The molecule has 0 saturated heterocycles. The number of methoxy groups -OCH3 is 1. The van der Waals surface area contributed by atoms with E-state index in [0.717, 1.165) is 5.56 Å². The smallest absolute Gasteiger partial charge is 0.171 e. The topological polar surface area (TPSA) is 46.5 Å². The SMILES string of the molecule is C=CCc1ccc(O)c(OC)c1C=O. The maximum Gasteiger partial charge on any atom is 0.171 e. The van der Waals surface area contributed by atoms with Crippen LogP contribution < -0.4 is 4.74 Å². The molecule has 0 aromatic heterocycles. The van der Waals surface area contributed by atoms with Gasteiger partial charge in [-0.25, -0.2) is 0 Å². The van der Waals surface area contributed by atoms with Crippen LogP contribution in [0.25, 0.3) is 0 Å². The number of hydrogen-bond acceptors (Lipinski definition) is 3. The number of phenolic OH excluding ortho intramolecular Hbond substituents is 1. The van der Waals surface area contributed by atoms with Gasteiger partial charge in [0.2, 0.25) is 0 Å². The molecule has 0 amide bonds. The van der Waals surface area contributed by atoms with Gasteiger partial charge in [0.15, 0.2) is 17.8 Å². The third-order valence-electron chi connectivity index (χ3n) is 1.95. The second-order valence-corrected chi connectivity index (χ2v) is 2.80. The molecule has 0 bridgehead atoms. The molecule has 3 heteroatoms. The lowest BCUT2D eigenvalue weighted by molar-refractivity contribution is 0.111. The summed E-state index contributed by atoms with van der Waals surface area (Å²) in [5, 5.41) is 9.41. The van der Waals surface area contributed by atoms with E-state index < -0.39 is 0 Å².